The van der Waals surface area contributed by atoms with Crippen molar-refractivity contribution in [3.05, 3.63) is 29.8 Å². The first-order valence-electron chi connectivity index (χ1n) is 6.97. The maximum absolute atomic E-state index is 11.5. The highest BCUT2D eigenvalue weighted by molar-refractivity contribution is 5.80. The number of carboxylic acids is 1. The van der Waals surface area contributed by atoms with Gasteiger partial charge in [-0.3, -0.25) is 0 Å². The van der Waals surface area contributed by atoms with Crippen molar-refractivity contribution in [3.8, 4) is 5.75 Å². The number of alkyl carbamates (subject to hydrolysis) is 1. The molecule has 0 aromatic heterocycles. The lowest BCUT2D eigenvalue weighted by Crippen LogP contribution is -2.45. The largest absolute Gasteiger partial charge is 0.497 e. The van der Waals surface area contributed by atoms with Crippen molar-refractivity contribution in [2.45, 2.75) is 31.9 Å². The fraction of sp³-hybridized carbons (Fsp3) is 0.467. The van der Waals surface area contributed by atoms with Crippen LogP contribution in [0.3, 0.4) is 0 Å². The number of carboxylic acid groups (broad SMARTS) is 1. The van der Waals surface area contributed by atoms with Crippen LogP contribution < -0.4 is 10.1 Å². The first-order chi connectivity index (χ1) is 10.5. The van der Waals surface area contributed by atoms with Crippen LogP contribution >= 0.6 is 0 Å². The van der Waals surface area contributed by atoms with E-state index < -0.39 is 24.2 Å². The SMILES string of the molecule is CCCCOC(=O)NC(C(=O)O)C(O)c1ccc(OC)cc1. The van der Waals surface area contributed by atoms with Crippen LogP contribution in [0.4, 0.5) is 4.79 Å². The number of ether oxygens (including phenoxy) is 2. The highest BCUT2D eigenvalue weighted by Crippen LogP contribution is 2.20. The van der Waals surface area contributed by atoms with Gasteiger partial charge in [0, 0.05) is 0 Å². The molecule has 1 rings (SSSR count). The van der Waals surface area contributed by atoms with E-state index in [-0.39, 0.29) is 6.61 Å². The topological polar surface area (TPSA) is 105 Å². The maximum Gasteiger partial charge on any atom is 0.407 e. The number of hydrogen-bond donors (Lipinski definition) is 3. The van der Waals surface area contributed by atoms with Crippen LogP contribution in [-0.2, 0) is 9.53 Å². The third-order valence-corrected chi connectivity index (χ3v) is 3.04. The molecule has 22 heavy (non-hydrogen) atoms. The maximum atomic E-state index is 11.5. The molecule has 1 aromatic rings. The molecule has 0 radical (unpaired) electrons. The number of benzene rings is 1. The van der Waals surface area contributed by atoms with E-state index in [2.05, 4.69) is 5.32 Å². The van der Waals surface area contributed by atoms with Crippen LogP contribution in [0.15, 0.2) is 24.3 Å². The Morgan fingerprint density at radius 3 is 2.41 bits per heavy atom. The molecule has 122 valence electrons. The number of aliphatic hydroxyl groups is 1. The van der Waals surface area contributed by atoms with Gasteiger partial charge in [-0.2, -0.15) is 0 Å². The van der Waals surface area contributed by atoms with Gasteiger partial charge in [-0.05, 0) is 24.1 Å². The minimum absolute atomic E-state index is 0.202. The third-order valence-electron chi connectivity index (χ3n) is 3.04. The van der Waals surface area contributed by atoms with E-state index in [4.69, 9.17) is 9.47 Å². The second-order valence-electron chi connectivity index (χ2n) is 4.67. The average Bonchev–Trinajstić information content (AvgIpc) is 2.52. The first-order valence-corrected chi connectivity index (χ1v) is 6.97. The summed E-state index contributed by atoms with van der Waals surface area (Å²) in [6.45, 7) is 2.14. The van der Waals surface area contributed by atoms with Crippen LogP contribution in [0.5, 0.6) is 5.75 Å². The zero-order valence-corrected chi connectivity index (χ0v) is 12.6. The van der Waals surface area contributed by atoms with Crippen LogP contribution in [0.2, 0.25) is 0 Å². The van der Waals surface area contributed by atoms with Crippen molar-refractivity contribution in [1.82, 2.24) is 5.32 Å². The third kappa shape index (κ3) is 5.25. The van der Waals surface area contributed by atoms with Crippen molar-refractivity contribution in [1.29, 1.82) is 0 Å². The summed E-state index contributed by atoms with van der Waals surface area (Å²) in [6.07, 6.45) is -0.730. The molecule has 1 amide bonds. The molecule has 0 saturated heterocycles. The van der Waals surface area contributed by atoms with Gasteiger partial charge in [-0.1, -0.05) is 25.5 Å². The number of rotatable bonds is 8. The summed E-state index contributed by atoms with van der Waals surface area (Å²) >= 11 is 0. The smallest absolute Gasteiger partial charge is 0.407 e. The molecule has 7 heteroatoms. The standard InChI is InChI=1S/C15H21NO6/c1-3-4-9-22-15(20)16-12(14(18)19)13(17)10-5-7-11(21-2)8-6-10/h5-8,12-13,17H,3-4,9H2,1-2H3,(H,16,20)(H,18,19). The second kappa shape index (κ2) is 8.89. The molecule has 0 bridgehead atoms. The van der Waals surface area contributed by atoms with Crippen molar-refractivity contribution < 1.29 is 29.3 Å². The summed E-state index contributed by atoms with van der Waals surface area (Å²) in [5.41, 5.74) is 0.349. The van der Waals surface area contributed by atoms with Gasteiger partial charge in [0.2, 0.25) is 0 Å². The summed E-state index contributed by atoms with van der Waals surface area (Å²) < 4.78 is 9.83. The molecule has 0 heterocycles. The molecule has 0 fully saturated rings. The van der Waals surface area contributed by atoms with Gasteiger partial charge in [-0.15, -0.1) is 0 Å². The van der Waals surface area contributed by atoms with E-state index in [0.29, 0.717) is 17.7 Å². The quantitative estimate of drug-likeness (QED) is 0.631. The zero-order valence-electron chi connectivity index (χ0n) is 12.6. The Morgan fingerprint density at radius 2 is 1.91 bits per heavy atom. The Hall–Kier alpha value is -2.28. The van der Waals surface area contributed by atoms with E-state index in [9.17, 15) is 19.8 Å². The van der Waals surface area contributed by atoms with Crippen molar-refractivity contribution in [3.63, 3.8) is 0 Å². The van der Waals surface area contributed by atoms with Crippen LogP contribution in [0.25, 0.3) is 0 Å². The molecule has 0 spiro atoms. The number of methoxy groups -OCH3 is 1. The number of aliphatic carboxylic acids is 1. The number of amides is 1. The van der Waals surface area contributed by atoms with Crippen LogP contribution in [0.1, 0.15) is 31.4 Å². The minimum atomic E-state index is -1.50. The van der Waals surface area contributed by atoms with Gasteiger partial charge < -0.3 is 25.0 Å². The zero-order chi connectivity index (χ0) is 16.5. The molecule has 0 aliphatic carbocycles. The second-order valence-corrected chi connectivity index (χ2v) is 4.67. The Morgan fingerprint density at radius 1 is 1.27 bits per heavy atom. The van der Waals surface area contributed by atoms with Gasteiger partial charge in [0.1, 0.15) is 11.9 Å². The highest BCUT2D eigenvalue weighted by Gasteiger charge is 2.30. The average molecular weight is 311 g/mol. The lowest BCUT2D eigenvalue weighted by Gasteiger charge is -2.20. The number of nitrogens with one attached hydrogen (secondary N) is 1. The van der Waals surface area contributed by atoms with Crippen LogP contribution in [0, 0.1) is 0 Å². The Labute approximate surface area is 128 Å². The van der Waals surface area contributed by atoms with Gasteiger partial charge >= 0.3 is 12.1 Å². The molecule has 0 aliphatic heterocycles. The summed E-state index contributed by atoms with van der Waals surface area (Å²) in [7, 11) is 1.50. The number of unbranched alkanes of at least 4 members (excludes halogenated alkanes) is 1. The Bertz CT molecular complexity index is 487. The fourth-order valence-electron chi connectivity index (χ4n) is 1.75. The van der Waals surface area contributed by atoms with Crippen molar-refractivity contribution in [2.75, 3.05) is 13.7 Å². The number of carbonyl (C=O) groups is 2. The molecule has 2 atom stereocenters. The van der Waals surface area contributed by atoms with Gasteiger partial charge in [0.15, 0.2) is 6.04 Å². The van der Waals surface area contributed by atoms with Crippen molar-refractivity contribution in [2.24, 2.45) is 0 Å². The van der Waals surface area contributed by atoms with E-state index in [0.717, 1.165) is 6.42 Å². The first kappa shape index (κ1) is 17.8. The number of aliphatic hydroxyl groups excluding tert-OH is 1. The minimum Gasteiger partial charge on any atom is -0.497 e. The summed E-state index contributed by atoms with van der Waals surface area (Å²) in [6, 6.07) is 4.75. The summed E-state index contributed by atoms with van der Waals surface area (Å²) in [4.78, 5) is 22.8. The summed E-state index contributed by atoms with van der Waals surface area (Å²) in [5.74, 6) is -0.773. The molecule has 1 aromatic carbocycles. The molecule has 0 aliphatic rings. The summed E-state index contributed by atoms with van der Waals surface area (Å²) in [5, 5.41) is 21.5. The lowest BCUT2D eigenvalue weighted by molar-refractivity contribution is -0.142. The number of carbonyl (C=O) groups excluding carboxylic acids is 1. The Balaban J connectivity index is 2.72. The molecule has 2 unspecified atom stereocenters. The molecule has 0 saturated carbocycles. The van der Waals surface area contributed by atoms with Crippen LogP contribution in [-0.4, -0.2) is 42.0 Å². The molecule has 3 N–H and O–H groups in total. The predicted octanol–water partition coefficient (Wildman–Crippen LogP) is 1.71. The fourth-order valence-corrected chi connectivity index (χ4v) is 1.75. The highest BCUT2D eigenvalue weighted by atomic mass is 16.5. The van der Waals surface area contributed by atoms with E-state index >= 15 is 0 Å². The van der Waals surface area contributed by atoms with Gasteiger partial charge in [0.05, 0.1) is 13.7 Å². The molecular formula is C15H21NO6. The van der Waals surface area contributed by atoms with Gasteiger partial charge in [-0.25, -0.2) is 9.59 Å². The lowest BCUT2D eigenvalue weighted by atomic mass is 10.0. The van der Waals surface area contributed by atoms with Crippen molar-refractivity contribution >= 4 is 12.1 Å². The van der Waals surface area contributed by atoms with E-state index in [1.165, 1.54) is 19.2 Å². The normalized spacial score (nSPS) is 13.0. The number of hydrogen-bond acceptors (Lipinski definition) is 5. The Kier molecular flexibility index (Phi) is 7.18. The predicted molar refractivity (Wildman–Crippen MR) is 78.8 cm³/mol. The van der Waals surface area contributed by atoms with Gasteiger partial charge in [0.25, 0.3) is 0 Å². The molecule has 7 nitrogen and oxygen atoms in total. The monoisotopic (exact) mass is 311 g/mol. The van der Waals surface area contributed by atoms with E-state index in [1.807, 2.05) is 6.92 Å². The molecular weight excluding hydrogens is 290 g/mol. The van der Waals surface area contributed by atoms with E-state index in [1.54, 1.807) is 12.1 Å².